The summed E-state index contributed by atoms with van der Waals surface area (Å²) in [7, 11) is 1.53. The molecule has 2 aromatic heterocycles. The van der Waals surface area contributed by atoms with E-state index in [4.69, 9.17) is 16.3 Å². The first-order valence-corrected chi connectivity index (χ1v) is 11.8. The Kier molecular flexibility index (Phi) is 8.31. The third kappa shape index (κ3) is 6.49. The van der Waals surface area contributed by atoms with Gasteiger partial charge in [0.05, 0.1) is 16.7 Å². The highest BCUT2D eigenvalue weighted by atomic mass is 35.5. The van der Waals surface area contributed by atoms with Crippen LogP contribution in [0, 0.1) is 22.7 Å². The second-order valence-corrected chi connectivity index (χ2v) is 9.42. The number of hydrogen-bond donors (Lipinski definition) is 2. The van der Waals surface area contributed by atoms with Gasteiger partial charge in [0, 0.05) is 24.6 Å². The van der Waals surface area contributed by atoms with Gasteiger partial charge in [0.2, 0.25) is 0 Å². The molecule has 0 bridgehead atoms. The number of nitrogens with one attached hydrogen (secondary N) is 1. The van der Waals surface area contributed by atoms with E-state index in [1.54, 1.807) is 50.2 Å². The van der Waals surface area contributed by atoms with Crippen LogP contribution in [0.1, 0.15) is 41.0 Å². The van der Waals surface area contributed by atoms with E-state index in [0.29, 0.717) is 27.7 Å². The second-order valence-electron chi connectivity index (χ2n) is 8.10. The van der Waals surface area contributed by atoms with E-state index < -0.39 is 5.60 Å². The van der Waals surface area contributed by atoms with Gasteiger partial charge in [-0.15, -0.1) is 11.8 Å². The van der Waals surface area contributed by atoms with Gasteiger partial charge in [0.1, 0.15) is 40.4 Å². The lowest BCUT2D eigenvalue weighted by molar-refractivity contribution is 0.0285. The van der Waals surface area contributed by atoms with Crippen molar-refractivity contribution >= 4 is 29.3 Å². The Morgan fingerprint density at radius 2 is 1.89 bits per heavy atom. The number of carbonyl (C=O) groups is 1. The number of hydrogen-bond acceptors (Lipinski definition) is 8. The first-order chi connectivity index (χ1) is 16.7. The maximum atomic E-state index is 11.9. The monoisotopic (exact) mass is 507 g/mol. The van der Waals surface area contributed by atoms with E-state index in [0.717, 1.165) is 5.56 Å². The van der Waals surface area contributed by atoms with Crippen molar-refractivity contribution < 1.29 is 14.6 Å². The van der Waals surface area contributed by atoms with Crippen molar-refractivity contribution in [1.29, 1.82) is 10.5 Å². The average molecular weight is 508 g/mol. The molecule has 0 aliphatic carbocycles. The first-order valence-electron chi connectivity index (χ1n) is 10.5. The number of aliphatic hydroxyl groups is 1. The van der Waals surface area contributed by atoms with E-state index in [9.17, 15) is 20.4 Å². The zero-order valence-electron chi connectivity index (χ0n) is 19.3. The summed E-state index contributed by atoms with van der Waals surface area (Å²) in [5.41, 5.74) is 1.42. The number of rotatable bonds is 8. The number of pyridine rings is 2. The van der Waals surface area contributed by atoms with Crippen LogP contribution in [-0.2, 0) is 5.75 Å². The normalized spacial score (nSPS) is 10.8. The van der Waals surface area contributed by atoms with Crippen LogP contribution in [-0.4, -0.2) is 40.2 Å². The van der Waals surface area contributed by atoms with Gasteiger partial charge in [-0.05, 0) is 49.2 Å². The van der Waals surface area contributed by atoms with Crippen LogP contribution in [0.25, 0.3) is 11.1 Å². The zero-order chi connectivity index (χ0) is 25.6. The molecule has 178 valence electrons. The highest BCUT2D eigenvalue weighted by molar-refractivity contribution is 7.98. The van der Waals surface area contributed by atoms with E-state index in [2.05, 4.69) is 27.4 Å². The van der Waals surface area contributed by atoms with Crippen LogP contribution in [0.15, 0.2) is 47.6 Å². The lowest BCUT2D eigenvalue weighted by Gasteiger charge is -2.18. The highest BCUT2D eigenvalue weighted by Gasteiger charge is 2.21. The molecular formula is C25H22ClN5O3S. The van der Waals surface area contributed by atoms with E-state index >= 15 is 0 Å². The molecule has 1 amide bonds. The number of halogens is 1. The number of carbonyl (C=O) groups excluding carboxylic acids is 1. The first kappa shape index (κ1) is 26.0. The van der Waals surface area contributed by atoms with Gasteiger partial charge in [-0.3, -0.25) is 9.78 Å². The molecule has 0 spiro atoms. The molecule has 0 saturated carbocycles. The SMILES string of the molecule is CNC(=O)c1cc(CSc2nc(Cl)c(C#N)c(-c3ccc(OCC(C)(C)O)cc3)c2C#N)ccn1. The molecule has 0 fully saturated rings. The molecule has 35 heavy (non-hydrogen) atoms. The molecule has 0 aliphatic rings. The van der Waals surface area contributed by atoms with Crippen molar-refractivity contribution in [2.75, 3.05) is 13.7 Å². The predicted octanol–water partition coefficient (Wildman–Crippen LogP) is 4.34. The Morgan fingerprint density at radius 3 is 2.49 bits per heavy atom. The number of nitriles is 2. The zero-order valence-corrected chi connectivity index (χ0v) is 20.9. The smallest absolute Gasteiger partial charge is 0.269 e. The summed E-state index contributed by atoms with van der Waals surface area (Å²) in [6.07, 6.45) is 1.54. The number of aromatic nitrogens is 2. The lowest BCUT2D eigenvalue weighted by Crippen LogP contribution is -2.27. The summed E-state index contributed by atoms with van der Waals surface area (Å²) in [6.45, 7) is 3.39. The number of nitrogens with zero attached hydrogens (tertiary/aromatic N) is 4. The Labute approximate surface area is 212 Å². The van der Waals surface area contributed by atoms with Crippen molar-refractivity contribution in [3.05, 3.63) is 70.1 Å². The second kappa shape index (κ2) is 11.2. The summed E-state index contributed by atoms with van der Waals surface area (Å²) in [5, 5.41) is 32.4. The Bertz CT molecular complexity index is 1330. The molecule has 8 nitrogen and oxygen atoms in total. The van der Waals surface area contributed by atoms with Crippen molar-refractivity contribution in [3.63, 3.8) is 0 Å². The molecule has 10 heteroatoms. The summed E-state index contributed by atoms with van der Waals surface area (Å²) in [5.74, 6) is 0.637. The third-order valence-electron chi connectivity index (χ3n) is 4.74. The molecule has 1 aromatic carbocycles. The van der Waals surface area contributed by atoms with Crippen LogP contribution in [0.4, 0.5) is 0 Å². The quantitative estimate of drug-likeness (QED) is 0.340. The summed E-state index contributed by atoms with van der Waals surface area (Å²) in [6, 6.07) is 14.5. The molecule has 0 aliphatic heterocycles. The molecule has 2 N–H and O–H groups in total. The minimum absolute atomic E-state index is 0.00728. The van der Waals surface area contributed by atoms with Gasteiger partial charge in [0.25, 0.3) is 5.91 Å². The summed E-state index contributed by atoms with van der Waals surface area (Å²) >= 11 is 7.61. The fourth-order valence-corrected chi connectivity index (χ4v) is 4.28. The topological polar surface area (TPSA) is 132 Å². The van der Waals surface area contributed by atoms with Crippen molar-refractivity contribution in [3.8, 4) is 29.0 Å². The molecular weight excluding hydrogens is 486 g/mol. The largest absolute Gasteiger partial charge is 0.491 e. The van der Waals surface area contributed by atoms with Gasteiger partial charge in [-0.2, -0.15) is 10.5 Å². The minimum atomic E-state index is -0.985. The molecule has 2 heterocycles. The van der Waals surface area contributed by atoms with Crippen molar-refractivity contribution in [1.82, 2.24) is 15.3 Å². The summed E-state index contributed by atoms with van der Waals surface area (Å²) in [4.78, 5) is 20.2. The maximum Gasteiger partial charge on any atom is 0.269 e. The van der Waals surface area contributed by atoms with Crippen LogP contribution in [0.5, 0.6) is 5.75 Å². The van der Waals surface area contributed by atoms with E-state index in [-0.39, 0.29) is 34.5 Å². The van der Waals surface area contributed by atoms with Gasteiger partial charge in [-0.25, -0.2) is 4.98 Å². The molecule has 0 atom stereocenters. The molecule has 0 radical (unpaired) electrons. The number of amides is 1. The summed E-state index contributed by atoms with van der Waals surface area (Å²) < 4.78 is 5.59. The fourth-order valence-electron chi connectivity index (χ4n) is 3.08. The fraction of sp³-hybridized carbons (Fsp3) is 0.240. The van der Waals surface area contributed by atoms with Gasteiger partial charge in [-0.1, -0.05) is 23.7 Å². The standard InChI is InChI=1S/C25H22ClN5O3S/c1-25(2,33)14-34-17-6-4-16(5-7-17)21-18(11-27)22(26)31-24(19(21)12-28)35-13-15-8-9-30-20(10-15)23(32)29-3/h4-10,33H,13-14H2,1-3H3,(H,29,32). The number of benzene rings is 1. The Balaban J connectivity index is 1.95. The molecule has 0 saturated heterocycles. The van der Waals surface area contributed by atoms with E-state index in [1.807, 2.05) is 0 Å². The highest BCUT2D eigenvalue weighted by Crippen LogP contribution is 2.37. The lowest BCUT2D eigenvalue weighted by atomic mass is 9.97. The number of thioether (sulfide) groups is 1. The Hall–Kier alpha value is -3.63. The van der Waals surface area contributed by atoms with Gasteiger partial charge in [0.15, 0.2) is 0 Å². The Morgan fingerprint density at radius 1 is 1.20 bits per heavy atom. The van der Waals surface area contributed by atoms with Gasteiger partial charge >= 0.3 is 0 Å². The minimum Gasteiger partial charge on any atom is -0.491 e. The molecule has 0 unspecified atom stereocenters. The van der Waals surface area contributed by atoms with Crippen LogP contribution in [0.2, 0.25) is 5.15 Å². The maximum absolute atomic E-state index is 11.9. The third-order valence-corrected chi connectivity index (χ3v) is 6.06. The number of ether oxygens (including phenoxy) is 1. The van der Waals surface area contributed by atoms with Crippen molar-refractivity contribution in [2.45, 2.75) is 30.2 Å². The predicted molar refractivity (Wildman–Crippen MR) is 133 cm³/mol. The van der Waals surface area contributed by atoms with E-state index in [1.165, 1.54) is 25.0 Å². The van der Waals surface area contributed by atoms with Crippen LogP contribution >= 0.6 is 23.4 Å². The van der Waals surface area contributed by atoms with Gasteiger partial charge < -0.3 is 15.2 Å². The molecule has 3 aromatic rings. The van der Waals surface area contributed by atoms with Crippen molar-refractivity contribution in [2.24, 2.45) is 0 Å². The average Bonchev–Trinajstić information content (AvgIpc) is 2.85. The van der Waals surface area contributed by atoms with Crippen LogP contribution in [0.3, 0.4) is 0 Å². The van der Waals surface area contributed by atoms with Crippen LogP contribution < -0.4 is 10.1 Å². The molecule has 3 rings (SSSR count).